The minimum atomic E-state index is -0.789. The second kappa shape index (κ2) is 4.37. The Morgan fingerprint density at radius 1 is 1.59 bits per heavy atom. The standard InChI is InChI=1S/C12H13ClN2O2/c1-7(12(16)17)5-8-3-4-10-9(6-8)11(13)14-15(10)2/h3-4,6-7H,5H2,1-2H3,(H,16,17). The first-order valence-electron chi connectivity index (χ1n) is 5.33. The lowest BCUT2D eigenvalue weighted by atomic mass is 10.0. The molecule has 1 aromatic heterocycles. The number of hydrogen-bond acceptors (Lipinski definition) is 2. The van der Waals surface area contributed by atoms with Gasteiger partial charge in [0.2, 0.25) is 0 Å². The van der Waals surface area contributed by atoms with Crippen LogP contribution in [0.5, 0.6) is 0 Å². The Hall–Kier alpha value is -1.55. The number of carbonyl (C=O) groups is 1. The molecule has 2 aromatic rings. The normalized spacial score (nSPS) is 12.9. The van der Waals surface area contributed by atoms with Crippen molar-refractivity contribution in [2.75, 3.05) is 0 Å². The van der Waals surface area contributed by atoms with Crippen molar-refractivity contribution >= 4 is 28.5 Å². The molecule has 0 saturated carbocycles. The maximum absolute atomic E-state index is 10.8. The highest BCUT2D eigenvalue weighted by atomic mass is 35.5. The second-order valence-electron chi connectivity index (χ2n) is 4.21. The molecule has 0 aliphatic rings. The van der Waals surface area contributed by atoms with Gasteiger partial charge in [0.25, 0.3) is 0 Å². The Labute approximate surface area is 104 Å². The third kappa shape index (κ3) is 2.26. The lowest BCUT2D eigenvalue weighted by Crippen LogP contribution is -2.12. The molecule has 0 fully saturated rings. The Bertz CT molecular complexity index is 577. The highest BCUT2D eigenvalue weighted by Gasteiger charge is 2.13. The number of aliphatic carboxylic acids is 1. The number of fused-ring (bicyclic) bond motifs is 1. The number of halogens is 1. The van der Waals surface area contributed by atoms with Crippen LogP contribution in [0.4, 0.5) is 0 Å². The number of hydrogen-bond donors (Lipinski definition) is 1. The van der Waals surface area contributed by atoms with Crippen LogP contribution < -0.4 is 0 Å². The third-order valence-corrected chi connectivity index (χ3v) is 3.11. The van der Waals surface area contributed by atoms with E-state index in [1.165, 1.54) is 0 Å². The van der Waals surface area contributed by atoms with Gasteiger partial charge in [0.1, 0.15) is 0 Å². The SMILES string of the molecule is CC(Cc1ccc2c(c1)c(Cl)nn2C)C(=O)O. The quantitative estimate of drug-likeness (QED) is 0.913. The number of nitrogens with zero attached hydrogens (tertiary/aromatic N) is 2. The molecule has 5 heteroatoms. The predicted octanol–water partition coefficient (Wildman–Crippen LogP) is 2.49. The van der Waals surface area contributed by atoms with Gasteiger partial charge in [-0.2, -0.15) is 5.10 Å². The van der Waals surface area contributed by atoms with Crippen molar-refractivity contribution in [3.8, 4) is 0 Å². The van der Waals surface area contributed by atoms with Crippen LogP contribution in [-0.2, 0) is 18.3 Å². The van der Waals surface area contributed by atoms with Crippen LogP contribution >= 0.6 is 11.6 Å². The molecular weight excluding hydrogens is 240 g/mol. The summed E-state index contributed by atoms with van der Waals surface area (Å²) >= 11 is 6.00. The molecule has 0 spiro atoms. The van der Waals surface area contributed by atoms with Crippen LogP contribution in [0, 0.1) is 5.92 Å². The Morgan fingerprint density at radius 2 is 2.29 bits per heavy atom. The molecule has 90 valence electrons. The van der Waals surface area contributed by atoms with E-state index in [9.17, 15) is 4.79 Å². The van der Waals surface area contributed by atoms with Crippen molar-refractivity contribution in [3.05, 3.63) is 28.9 Å². The van der Waals surface area contributed by atoms with E-state index in [-0.39, 0.29) is 0 Å². The molecule has 0 saturated heterocycles. The van der Waals surface area contributed by atoms with E-state index in [2.05, 4.69) is 5.10 Å². The van der Waals surface area contributed by atoms with E-state index >= 15 is 0 Å². The Morgan fingerprint density at radius 3 is 2.94 bits per heavy atom. The van der Waals surface area contributed by atoms with Crippen LogP contribution in [0.25, 0.3) is 10.9 Å². The van der Waals surface area contributed by atoms with Gasteiger partial charge in [-0.3, -0.25) is 9.48 Å². The van der Waals surface area contributed by atoms with Gasteiger partial charge < -0.3 is 5.11 Å². The van der Waals surface area contributed by atoms with Gasteiger partial charge >= 0.3 is 5.97 Å². The molecule has 1 atom stereocenters. The number of benzene rings is 1. The number of aromatic nitrogens is 2. The molecule has 0 aliphatic carbocycles. The summed E-state index contributed by atoms with van der Waals surface area (Å²) in [6.45, 7) is 1.69. The van der Waals surface area contributed by atoms with E-state index in [4.69, 9.17) is 16.7 Å². The van der Waals surface area contributed by atoms with Gasteiger partial charge in [-0.1, -0.05) is 24.6 Å². The molecule has 1 unspecified atom stereocenters. The molecule has 0 aliphatic heterocycles. The van der Waals surface area contributed by atoms with Crippen molar-refractivity contribution < 1.29 is 9.90 Å². The lowest BCUT2D eigenvalue weighted by Gasteiger charge is -2.06. The maximum atomic E-state index is 10.8. The first-order valence-corrected chi connectivity index (χ1v) is 5.70. The summed E-state index contributed by atoms with van der Waals surface area (Å²) in [5.74, 6) is -1.19. The first kappa shape index (κ1) is 11.9. The topological polar surface area (TPSA) is 55.1 Å². The summed E-state index contributed by atoms with van der Waals surface area (Å²) in [5.41, 5.74) is 1.91. The minimum absolute atomic E-state index is 0.400. The van der Waals surface area contributed by atoms with Crippen molar-refractivity contribution in [2.45, 2.75) is 13.3 Å². The molecule has 2 rings (SSSR count). The van der Waals surface area contributed by atoms with Crippen molar-refractivity contribution in [1.29, 1.82) is 0 Å². The summed E-state index contributed by atoms with van der Waals surface area (Å²) in [6, 6.07) is 5.74. The number of carboxylic acids is 1. The molecule has 0 radical (unpaired) electrons. The second-order valence-corrected chi connectivity index (χ2v) is 4.57. The van der Waals surface area contributed by atoms with Gasteiger partial charge in [-0.15, -0.1) is 0 Å². The van der Waals surface area contributed by atoms with Gasteiger partial charge in [-0.25, -0.2) is 0 Å². The fourth-order valence-electron chi connectivity index (χ4n) is 1.84. The highest BCUT2D eigenvalue weighted by Crippen LogP contribution is 2.24. The van der Waals surface area contributed by atoms with Crippen molar-refractivity contribution in [1.82, 2.24) is 9.78 Å². The summed E-state index contributed by atoms with van der Waals surface area (Å²) in [6.07, 6.45) is 0.497. The summed E-state index contributed by atoms with van der Waals surface area (Å²) in [5, 5.41) is 14.3. The number of aryl methyl sites for hydroxylation is 1. The van der Waals surface area contributed by atoms with E-state index in [1.54, 1.807) is 11.6 Å². The molecule has 1 N–H and O–H groups in total. The number of rotatable bonds is 3. The van der Waals surface area contributed by atoms with Crippen LogP contribution in [-0.4, -0.2) is 20.9 Å². The monoisotopic (exact) mass is 252 g/mol. The molecule has 0 bridgehead atoms. The van der Waals surface area contributed by atoms with Gasteiger partial charge in [-0.05, 0) is 24.1 Å². The molecule has 1 heterocycles. The van der Waals surface area contributed by atoms with Crippen LogP contribution in [0.1, 0.15) is 12.5 Å². The maximum Gasteiger partial charge on any atom is 0.306 e. The van der Waals surface area contributed by atoms with Crippen molar-refractivity contribution in [2.24, 2.45) is 13.0 Å². The predicted molar refractivity (Wildman–Crippen MR) is 66.2 cm³/mol. The Kier molecular flexibility index (Phi) is 3.07. The lowest BCUT2D eigenvalue weighted by molar-refractivity contribution is -0.141. The zero-order chi connectivity index (χ0) is 12.6. The summed E-state index contributed by atoms with van der Waals surface area (Å²) in [7, 11) is 1.83. The van der Waals surface area contributed by atoms with E-state index in [0.29, 0.717) is 11.6 Å². The average molecular weight is 253 g/mol. The average Bonchev–Trinajstić information content (AvgIpc) is 2.54. The Balaban J connectivity index is 2.38. The fourth-order valence-corrected chi connectivity index (χ4v) is 2.10. The smallest absolute Gasteiger partial charge is 0.306 e. The molecule has 1 aromatic carbocycles. The fraction of sp³-hybridized carbons (Fsp3) is 0.333. The largest absolute Gasteiger partial charge is 0.481 e. The molecular formula is C12H13ClN2O2. The molecule has 0 amide bonds. The summed E-state index contributed by atoms with van der Waals surface area (Å²) in [4.78, 5) is 10.8. The van der Waals surface area contributed by atoms with E-state index < -0.39 is 11.9 Å². The summed E-state index contributed by atoms with van der Waals surface area (Å²) < 4.78 is 1.71. The van der Waals surface area contributed by atoms with Crippen molar-refractivity contribution in [3.63, 3.8) is 0 Å². The minimum Gasteiger partial charge on any atom is -0.481 e. The van der Waals surface area contributed by atoms with E-state index in [1.807, 2.05) is 25.2 Å². The molecule has 17 heavy (non-hydrogen) atoms. The zero-order valence-electron chi connectivity index (χ0n) is 9.64. The third-order valence-electron chi connectivity index (χ3n) is 2.83. The van der Waals surface area contributed by atoms with Gasteiger partial charge in [0.15, 0.2) is 5.15 Å². The highest BCUT2D eigenvalue weighted by molar-refractivity contribution is 6.34. The number of carboxylic acid groups (broad SMARTS) is 1. The van der Waals surface area contributed by atoms with Crippen LogP contribution in [0.15, 0.2) is 18.2 Å². The van der Waals surface area contributed by atoms with Crippen LogP contribution in [0.3, 0.4) is 0 Å². The van der Waals surface area contributed by atoms with Crippen LogP contribution in [0.2, 0.25) is 5.15 Å². The van der Waals surface area contributed by atoms with Gasteiger partial charge in [0, 0.05) is 12.4 Å². The van der Waals surface area contributed by atoms with Gasteiger partial charge in [0.05, 0.1) is 11.4 Å². The zero-order valence-corrected chi connectivity index (χ0v) is 10.4. The van der Waals surface area contributed by atoms with E-state index in [0.717, 1.165) is 16.5 Å². The molecule has 4 nitrogen and oxygen atoms in total. The first-order chi connectivity index (χ1) is 7.99.